The summed E-state index contributed by atoms with van der Waals surface area (Å²) in [7, 11) is 0. The van der Waals surface area contributed by atoms with Crippen molar-refractivity contribution in [3.63, 3.8) is 0 Å². The van der Waals surface area contributed by atoms with Crippen LogP contribution in [0.5, 0.6) is 23.1 Å². The molecule has 1 aromatic heterocycles. The van der Waals surface area contributed by atoms with Crippen molar-refractivity contribution >= 4 is 22.4 Å². The summed E-state index contributed by atoms with van der Waals surface area (Å²) in [6, 6.07) is 17.8. The van der Waals surface area contributed by atoms with Gasteiger partial charge in [-0.2, -0.15) is 0 Å². The van der Waals surface area contributed by atoms with Crippen molar-refractivity contribution in [3.8, 4) is 23.1 Å². The van der Waals surface area contributed by atoms with Crippen molar-refractivity contribution in [1.29, 1.82) is 0 Å². The van der Waals surface area contributed by atoms with Crippen LogP contribution in [0.1, 0.15) is 25.3 Å². The molecule has 5 heteroatoms. The summed E-state index contributed by atoms with van der Waals surface area (Å²) in [5.41, 5.74) is 1.32. The quantitative estimate of drug-likeness (QED) is 0.368. The van der Waals surface area contributed by atoms with Crippen molar-refractivity contribution in [2.24, 2.45) is 0 Å². The Kier molecular flexibility index (Phi) is 5.13. The predicted molar refractivity (Wildman–Crippen MR) is 112 cm³/mol. The molecule has 3 aromatic carbocycles. The summed E-state index contributed by atoms with van der Waals surface area (Å²) >= 11 is 6.38. The SMILES string of the molecule is CC(C)c1ccc2cc(Oc3ccc(Oc4cnccn4)cc3Cl)ccc2c1. The molecule has 0 amide bonds. The van der Waals surface area contributed by atoms with Gasteiger partial charge in [0.15, 0.2) is 0 Å². The van der Waals surface area contributed by atoms with Crippen molar-refractivity contribution in [1.82, 2.24) is 9.97 Å². The Labute approximate surface area is 168 Å². The van der Waals surface area contributed by atoms with Crippen LogP contribution in [0.3, 0.4) is 0 Å². The van der Waals surface area contributed by atoms with Gasteiger partial charge in [0.2, 0.25) is 5.88 Å². The summed E-state index contributed by atoms with van der Waals surface area (Å²) in [4.78, 5) is 8.05. The Morgan fingerprint density at radius 1 is 0.821 bits per heavy atom. The number of halogens is 1. The first-order chi connectivity index (χ1) is 13.6. The molecule has 140 valence electrons. The van der Waals surface area contributed by atoms with E-state index in [1.807, 2.05) is 12.1 Å². The molecule has 0 fully saturated rings. The normalized spacial score (nSPS) is 11.0. The van der Waals surface area contributed by atoms with E-state index < -0.39 is 0 Å². The molecule has 0 aliphatic carbocycles. The molecule has 0 aliphatic rings. The highest BCUT2D eigenvalue weighted by atomic mass is 35.5. The Balaban J connectivity index is 1.54. The molecule has 4 aromatic rings. The molecule has 0 bridgehead atoms. The van der Waals surface area contributed by atoms with Crippen LogP contribution in [0.4, 0.5) is 0 Å². The van der Waals surface area contributed by atoms with E-state index in [0.717, 1.165) is 11.1 Å². The second-order valence-electron chi connectivity index (χ2n) is 6.76. The van der Waals surface area contributed by atoms with Crippen molar-refractivity contribution in [2.75, 3.05) is 0 Å². The maximum Gasteiger partial charge on any atom is 0.237 e. The molecule has 0 spiro atoms. The summed E-state index contributed by atoms with van der Waals surface area (Å²) < 4.78 is 11.6. The molecular weight excluding hydrogens is 372 g/mol. The van der Waals surface area contributed by atoms with E-state index in [1.54, 1.807) is 30.6 Å². The molecule has 0 radical (unpaired) electrons. The van der Waals surface area contributed by atoms with Gasteiger partial charge in [-0.1, -0.05) is 49.7 Å². The average Bonchev–Trinajstić information content (AvgIpc) is 2.70. The molecule has 0 atom stereocenters. The van der Waals surface area contributed by atoms with Crippen LogP contribution < -0.4 is 9.47 Å². The Morgan fingerprint density at radius 3 is 2.32 bits per heavy atom. The first-order valence-electron chi connectivity index (χ1n) is 9.03. The number of aromatic nitrogens is 2. The lowest BCUT2D eigenvalue weighted by Gasteiger charge is -2.11. The smallest absolute Gasteiger partial charge is 0.237 e. The van der Waals surface area contributed by atoms with Crippen LogP contribution in [-0.4, -0.2) is 9.97 Å². The average molecular weight is 391 g/mol. The van der Waals surface area contributed by atoms with Gasteiger partial charge in [-0.3, -0.25) is 4.98 Å². The van der Waals surface area contributed by atoms with E-state index in [9.17, 15) is 0 Å². The first-order valence-corrected chi connectivity index (χ1v) is 9.41. The van der Waals surface area contributed by atoms with Gasteiger partial charge in [-0.15, -0.1) is 0 Å². The lowest BCUT2D eigenvalue weighted by molar-refractivity contribution is 0.454. The van der Waals surface area contributed by atoms with Gasteiger partial charge in [-0.25, -0.2) is 4.98 Å². The number of rotatable bonds is 5. The van der Waals surface area contributed by atoms with Gasteiger partial charge >= 0.3 is 0 Å². The van der Waals surface area contributed by atoms with Gasteiger partial charge in [-0.05, 0) is 46.5 Å². The minimum Gasteiger partial charge on any atom is -0.456 e. The van der Waals surface area contributed by atoms with Gasteiger partial charge < -0.3 is 9.47 Å². The Bertz CT molecular complexity index is 1110. The largest absolute Gasteiger partial charge is 0.456 e. The molecule has 28 heavy (non-hydrogen) atoms. The molecule has 0 saturated carbocycles. The van der Waals surface area contributed by atoms with E-state index in [4.69, 9.17) is 21.1 Å². The van der Waals surface area contributed by atoms with Crippen molar-refractivity contribution in [2.45, 2.75) is 19.8 Å². The Morgan fingerprint density at radius 2 is 1.57 bits per heavy atom. The molecule has 4 rings (SSSR count). The zero-order valence-electron chi connectivity index (χ0n) is 15.6. The van der Waals surface area contributed by atoms with Gasteiger partial charge in [0.25, 0.3) is 0 Å². The summed E-state index contributed by atoms with van der Waals surface area (Å²) in [5, 5.41) is 2.77. The van der Waals surface area contributed by atoms with Crippen LogP contribution >= 0.6 is 11.6 Å². The molecule has 0 aliphatic heterocycles. The van der Waals surface area contributed by atoms with E-state index in [2.05, 4.69) is 48.1 Å². The van der Waals surface area contributed by atoms with Crippen LogP contribution in [0.2, 0.25) is 5.02 Å². The van der Waals surface area contributed by atoms with Crippen molar-refractivity contribution < 1.29 is 9.47 Å². The maximum atomic E-state index is 6.38. The van der Waals surface area contributed by atoms with E-state index in [-0.39, 0.29) is 0 Å². The Hall–Kier alpha value is -3.11. The highest BCUT2D eigenvalue weighted by Crippen LogP contribution is 2.35. The van der Waals surface area contributed by atoms with Gasteiger partial charge in [0.1, 0.15) is 17.2 Å². The third-order valence-corrected chi connectivity index (χ3v) is 4.69. The molecule has 1 heterocycles. The van der Waals surface area contributed by atoms with Crippen LogP contribution in [0, 0.1) is 0 Å². The highest BCUT2D eigenvalue weighted by Gasteiger charge is 2.08. The van der Waals surface area contributed by atoms with Crippen LogP contribution in [-0.2, 0) is 0 Å². The summed E-state index contributed by atoms with van der Waals surface area (Å²) in [5.74, 6) is 2.77. The van der Waals surface area contributed by atoms with E-state index in [0.29, 0.717) is 28.3 Å². The second kappa shape index (κ2) is 7.87. The van der Waals surface area contributed by atoms with Gasteiger partial charge in [0, 0.05) is 18.5 Å². The molecule has 4 nitrogen and oxygen atoms in total. The number of hydrogen-bond donors (Lipinski definition) is 0. The standard InChI is InChI=1S/C23H19ClN2O2/c1-15(2)16-3-4-18-12-19(6-5-17(18)11-16)27-22-8-7-20(13-21(22)24)28-23-14-25-9-10-26-23/h3-15H,1-2H3. The third kappa shape index (κ3) is 4.07. The zero-order valence-corrected chi connectivity index (χ0v) is 16.4. The van der Waals surface area contributed by atoms with E-state index in [1.165, 1.54) is 17.1 Å². The number of benzene rings is 3. The molecule has 0 unspecified atom stereocenters. The van der Waals surface area contributed by atoms with Gasteiger partial charge in [0.05, 0.1) is 11.2 Å². The number of nitrogens with zero attached hydrogens (tertiary/aromatic N) is 2. The minimum absolute atomic E-state index is 0.405. The summed E-state index contributed by atoms with van der Waals surface area (Å²) in [6.07, 6.45) is 4.69. The fourth-order valence-electron chi connectivity index (χ4n) is 2.88. The lowest BCUT2D eigenvalue weighted by Crippen LogP contribution is -1.90. The molecule has 0 N–H and O–H groups in total. The minimum atomic E-state index is 0.405. The number of hydrogen-bond acceptors (Lipinski definition) is 4. The fraction of sp³-hybridized carbons (Fsp3) is 0.130. The predicted octanol–water partition coefficient (Wildman–Crippen LogP) is 6.99. The second-order valence-corrected chi connectivity index (χ2v) is 7.17. The highest BCUT2D eigenvalue weighted by molar-refractivity contribution is 6.32. The third-order valence-electron chi connectivity index (χ3n) is 4.40. The number of ether oxygens (including phenoxy) is 2. The molecule has 0 saturated heterocycles. The lowest BCUT2D eigenvalue weighted by atomic mass is 9.99. The maximum absolute atomic E-state index is 6.38. The molecular formula is C23H19ClN2O2. The first kappa shape index (κ1) is 18.3. The van der Waals surface area contributed by atoms with E-state index >= 15 is 0 Å². The van der Waals surface area contributed by atoms with Crippen LogP contribution in [0.15, 0.2) is 73.2 Å². The van der Waals surface area contributed by atoms with Crippen molar-refractivity contribution in [3.05, 3.63) is 83.8 Å². The summed E-state index contributed by atoms with van der Waals surface area (Å²) in [6.45, 7) is 4.39. The monoisotopic (exact) mass is 390 g/mol. The number of fused-ring (bicyclic) bond motifs is 1. The topological polar surface area (TPSA) is 44.2 Å². The fourth-order valence-corrected chi connectivity index (χ4v) is 3.09. The zero-order chi connectivity index (χ0) is 19.5. The van der Waals surface area contributed by atoms with Crippen LogP contribution in [0.25, 0.3) is 10.8 Å².